The number of nitrogens with two attached hydrogens (primary N) is 1. The number of amides is 1. The Kier molecular flexibility index (Phi) is 4.05. The molecule has 98 valence electrons. The third-order valence-electron chi connectivity index (χ3n) is 4.01. The van der Waals surface area contributed by atoms with Crippen molar-refractivity contribution in [2.24, 2.45) is 5.73 Å². The fourth-order valence-electron chi connectivity index (χ4n) is 2.69. The quantitative estimate of drug-likeness (QED) is 0.805. The van der Waals surface area contributed by atoms with E-state index in [4.69, 9.17) is 10.5 Å². The van der Waals surface area contributed by atoms with E-state index in [0.717, 1.165) is 38.6 Å². The molecule has 0 aromatic rings. The highest BCUT2D eigenvalue weighted by Crippen LogP contribution is 2.38. The van der Waals surface area contributed by atoms with Crippen molar-refractivity contribution in [2.45, 2.75) is 57.1 Å². The fraction of sp³-hybridized carbons (Fsp3) is 0.923. The van der Waals surface area contributed by atoms with Crippen LogP contribution in [0.1, 0.15) is 45.4 Å². The highest BCUT2D eigenvalue weighted by atomic mass is 16.5. The summed E-state index contributed by atoms with van der Waals surface area (Å²) in [5.41, 5.74) is 5.93. The zero-order valence-electron chi connectivity index (χ0n) is 10.8. The molecular weight excluding hydrogens is 216 g/mol. The van der Waals surface area contributed by atoms with E-state index in [0.29, 0.717) is 13.2 Å². The van der Waals surface area contributed by atoms with E-state index in [1.807, 2.05) is 4.90 Å². The average Bonchev–Trinajstić information content (AvgIpc) is 2.33. The number of unbranched alkanes of at least 4 members (excludes halogenated alkanes) is 1. The van der Waals surface area contributed by atoms with Crippen molar-refractivity contribution in [2.75, 3.05) is 19.7 Å². The monoisotopic (exact) mass is 240 g/mol. The molecule has 1 heterocycles. The highest BCUT2D eigenvalue weighted by molar-refractivity contribution is 5.81. The first-order valence-corrected chi connectivity index (χ1v) is 6.85. The molecule has 1 unspecified atom stereocenters. The normalized spacial score (nSPS) is 24.5. The van der Waals surface area contributed by atoms with Gasteiger partial charge in [-0.25, -0.2) is 0 Å². The van der Waals surface area contributed by atoms with Crippen LogP contribution in [-0.2, 0) is 9.53 Å². The summed E-state index contributed by atoms with van der Waals surface area (Å²) in [4.78, 5) is 14.1. The highest BCUT2D eigenvalue weighted by Gasteiger charge is 2.43. The topological polar surface area (TPSA) is 55.6 Å². The first-order valence-electron chi connectivity index (χ1n) is 6.85. The number of rotatable bonds is 4. The van der Waals surface area contributed by atoms with Gasteiger partial charge in [0.2, 0.25) is 5.91 Å². The van der Waals surface area contributed by atoms with Crippen molar-refractivity contribution >= 4 is 5.91 Å². The van der Waals surface area contributed by atoms with Gasteiger partial charge in [0.1, 0.15) is 0 Å². The molecule has 4 heteroatoms. The van der Waals surface area contributed by atoms with Crippen LogP contribution >= 0.6 is 0 Å². The maximum atomic E-state index is 12.2. The number of ether oxygens (including phenoxy) is 1. The third kappa shape index (κ3) is 2.80. The molecule has 2 rings (SSSR count). The number of hydrogen-bond donors (Lipinski definition) is 1. The second-order valence-electron chi connectivity index (χ2n) is 5.39. The van der Waals surface area contributed by atoms with E-state index in [1.165, 1.54) is 6.42 Å². The van der Waals surface area contributed by atoms with Gasteiger partial charge in [-0.3, -0.25) is 4.79 Å². The lowest BCUT2D eigenvalue weighted by Gasteiger charge is -2.48. The average molecular weight is 240 g/mol. The smallest absolute Gasteiger partial charge is 0.239 e. The van der Waals surface area contributed by atoms with Gasteiger partial charge in [0.25, 0.3) is 0 Å². The molecule has 0 bridgehead atoms. The minimum atomic E-state index is -0.315. The Balaban J connectivity index is 1.86. The largest absolute Gasteiger partial charge is 0.371 e. The van der Waals surface area contributed by atoms with Gasteiger partial charge in [0, 0.05) is 13.1 Å². The van der Waals surface area contributed by atoms with Crippen LogP contribution in [0.4, 0.5) is 0 Å². The van der Waals surface area contributed by atoms with Crippen molar-refractivity contribution < 1.29 is 9.53 Å². The van der Waals surface area contributed by atoms with Gasteiger partial charge < -0.3 is 15.4 Å². The number of carbonyl (C=O) groups is 1. The molecule has 2 fully saturated rings. The minimum Gasteiger partial charge on any atom is -0.371 e. The van der Waals surface area contributed by atoms with Crippen LogP contribution in [0.5, 0.6) is 0 Å². The minimum absolute atomic E-state index is 0.0155. The van der Waals surface area contributed by atoms with Gasteiger partial charge in [-0.15, -0.1) is 0 Å². The number of carbonyl (C=O) groups excluding carboxylic acids is 1. The van der Waals surface area contributed by atoms with E-state index in [-0.39, 0.29) is 17.6 Å². The zero-order chi connectivity index (χ0) is 12.3. The van der Waals surface area contributed by atoms with Crippen LogP contribution in [0, 0.1) is 0 Å². The molecule has 4 nitrogen and oxygen atoms in total. The Morgan fingerprint density at radius 1 is 1.53 bits per heavy atom. The molecule has 1 saturated carbocycles. The van der Waals surface area contributed by atoms with Crippen LogP contribution in [-0.4, -0.2) is 42.1 Å². The van der Waals surface area contributed by atoms with Gasteiger partial charge in [0.05, 0.1) is 18.2 Å². The van der Waals surface area contributed by atoms with Crippen molar-refractivity contribution in [3.8, 4) is 0 Å². The lowest BCUT2D eigenvalue weighted by atomic mass is 9.78. The fourth-order valence-corrected chi connectivity index (χ4v) is 2.69. The molecule has 2 N–H and O–H groups in total. The van der Waals surface area contributed by atoms with Crippen LogP contribution < -0.4 is 5.73 Å². The van der Waals surface area contributed by atoms with Crippen LogP contribution in [0.15, 0.2) is 0 Å². The Labute approximate surface area is 103 Å². The summed E-state index contributed by atoms with van der Waals surface area (Å²) >= 11 is 0. The molecule has 0 aromatic heterocycles. The summed E-state index contributed by atoms with van der Waals surface area (Å²) in [6.07, 6.45) is 6.35. The van der Waals surface area contributed by atoms with E-state index in [2.05, 4.69) is 6.92 Å². The van der Waals surface area contributed by atoms with Gasteiger partial charge >= 0.3 is 0 Å². The predicted molar refractivity (Wildman–Crippen MR) is 66.6 cm³/mol. The molecule has 1 atom stereocenters. The zero-order valence-corrected chi connectivity index (χ0v) is 10.8. The van der Waals surface area contributed by atoms with Crippen molar-refractivity contribution in [1.29, 1.82) is 0 Å². The number of hydrogen-bond acceptors (Lipinski definition) is 3. The van der Waals surface area contributed by atoms with Crippen LogP contribution in [0.25, 0.3) is 0 Å². The molecule has 2 aliphatic rings. The third-order valence-corrected chi connectivity index (χ3v) is 4.01. The first-order chi connectivity index (χ1) is 8.17. The molecule has 1 spiro atoms. The summed E-state index contributed by atoms with van der Waals surface area (Å²) < 4.78 is 5.81. The molecule has 0 radical (unpaired) electrons. The maximum Gasteiger partial charge on any atom is 0.239 e. The molecule has 1 amide bonds. The molecule has 0 aromatic carbocycles. The molecule has 1 saturated heterocycles. The summed E-state index contributed by atoms with van der Waals surface area (Å²) in [7, 11) is 0. The van der Waals surface area contributed by atoms with Crippen LogP contribution in [0.2, 0.25) is 0 Å². The van der Waals surface area contributed by atoms with E-state index < -0.39 is 0 Å². The van der Waals surface area contributed by atoms with Crippen molar-refractivity contribution in [3.63, 3.8) is 0 Å². The summed E-state index contributed by atoms with van der Waals surface area (Å²) in [5.74, 6) is 0.119. The standard InChI is InChI=1S/C13H24N2O2/c1-2-3-5-11(14)12(16)15-8-9-17-13(10-15)6-4-7-13/h11H,2-10,14H2,1H3. The van der Waals surface area contributed by atoms with Gasteiger partial charge in [-0.2, -0.15) is 0 Å². The maximum absolute atomic E-state index is 12.2. The second kappa shape index (κ2) is 5.36. The lowest BCUT2D eigenvalue weighted by molar-refractivity contribution is -0.168. The number of morpholine rings is 1. The summed E-state index contributed by atoms with van der Waals surface area (Å²) in [6.45, 7) is 4.26. The Morgan fingerprint density at radius 2 is 2.29 bits per heavy atom. The van der Waals surface area contributed by atoms with Crippen molar-refractivity contribution in [1.82, 2.24) is 4.90 Å². The van der Waals surface area contributed by atoms with E-state index in [1.54, 1.807) is 0 Å². The predicted octanol–water partition coefficient (Wildman–Crippen LogP) is 1.29. The second-order valence-corrected chi connectivity index (χ2v) is 5.39. The van der Waals surface area contributed by atoms with Gasteiger partial charge in [-0.05, 0) is 25.7 Å². The lowest BCUT2D eigenvalue weighted by Crippen LogP contribution is -2.59. The molecular formula is C13H24N2O2. The first kappa shape index (κ1) is 12.8. The van der Waals surface area contributed by atoms with E-state index >= 15 is 0 Å². The number of nitrogens with zero attached hydrogens (tertiary/aromatic N) is 1. The van der Waals surface area contributed by atoms with Crippen LogP contribution in [0.3, 0.4) is 0 Å². The Bertz CT molecular complexity index is 277. The van der Waals surface area contributed by atoms with Crippen molar-refractivity contribution in [3.05, 3.63) is 0 Å². The van der Waals surface area contributed by atoms with E-state index in [9.17, 15) is 4.79 Å². The Morgan fingerprint density at radius 3 is 2.88 bits per heavy atom. The summed E-state index contributed by atoms with van der Waals surface area (Å²) in [6, 6.07) is -0.315. The summed E-state index contributed by atoms with van der Waals surface area (Å²) in [5, 5.41) is 0. The molecule has 1 aliphatic carbocycles. The molecule has 1 aliphatic heterocycles. The SMILES string of the molecule is CCCCC(N)C(=O)N1CCOC2(CCC2)C1. The van der Waals surface area contributed by atoms with Gasteiger partial charge in [0.15, 0.2) is 0 Å². The Hall–Kier alpha value is -0.610. The molecule has 17 heavy (non-hydrogen) atoms. The van der Waals surface area contributed by atoms with Gasteiger partial charge in [-0.1, -0.05) is 19.8 Å².